The van der Waals surface area contributed by atoms with Crippen LogP contribution in [-0.2, 0) is 16.1 Å². The highest BCUT2D eigenvalue weighted by Gasteiger charge is 2.16. The highest BCUT2D eigenvalue weighted by Crippen LogP contribution is 2.16. The molecule has 2 rings (SSSR count). The van der Waals surface area contributed by atoms with Gasteiger partial charge in [0.05, 0.1) is 19.3 Å². The predicted molar refractivity (Wildman–Crippen MR) is 78.5 cm³/mol. The largest absolute Gasteiger partial charge is 0.379 e. The van der Waals surface area contributed by atoms with E-state index in [4.69, 9.17) is 21.1 Å². The highest BCUT2D eigenvalue weighted by atomic mass is 35.5. The second-order valence-corrected chi connectivity index (χ2v) is 3.89. The maximum atomic E-state index is 5.95. The van der Waals surface area contributed by atoms with Crippen LogP contribution < -0.4 is 0 Å². The van der Waals surface area contributed by atoms with Crippen molar-refractivity contribution in [3.05, 3.63) is 22.7 Å². The molecule has 0 spiro atoms. The fourth-order valence-corrected chi connectivity index (χ4v) is 1.64. The quantitative estimate of drug-likeness (QED) is 0.794. The molecule has 0 bridgehead atoms. The van der Waals surface area contributed by atoms with E-state index in [0.29, 0.717) is 24.2 Å². The first-order valence-electron chi connectivity index (χ1n) is 6.93. The van der Waals surface area contributed by atoms with Crippen LogP contribution in [0.25, 0.3) is 0 Å². The van der Waals surface area contributed by atoms with Crippen LogP contribution in [0.3, 0.4) is 0 Å². The van der Waals surface area contributed by atoms with Crippen LogP contribution >= 0.6 is 11.6 Å². The van der Waals surface area contributed by atoms with Crippen molar-refractivity contribution in [3.8, 4) is 0 Å². The Morgan fingerprint density at radius 3 is 2.58 bits per heavy atom. The van der Waals surface area contributed by atoms with E-state index in [1.807, 2.05) is 27.7 Å². The SMILES string of the molecule is CC.CC.Cc1ncc(COC2CCOC2)c(Cl)n1. The van der Waals surface area contributed by atoms with Crippen molar-refractivity contribution in [3.63, 3.8) is 0 Å². The van der Waals surface area contributed by atoms with Crippen molar-refractivity contribution < 1.29 is 9.47 Å². The first-order valence-corrected chi connectivity index (χ1v) is 7.31. The van der Waals surface area contributed by atoms with Crippen molar-refractivity contribution >= 4 is 11.6 Å². The first kappa shape index (κ1) is 18.3. The number of aryl methyl sites for hydroxylation is 1. The van der Waals surface area contributed by atoms with E-state index in [0.717, 1.165) is 18.6 Å². The lowest BCUT2D eigenvalue weighted by atomic mass is 10.3. The molecule has 1 fully saturated rings. The number of aromatic nitrogens is 2. The third-order valence-corrected chi connectivity index (χ3v) is 2.62. The van der Waals surface area contributed by atoms with Gasteiger partial charge in [0, 0.05) is 18.4 Å². The molecule has 1 aromatic heterocycles. The molecule has 1 aromatic rings. The van der Waals surface area contributed by atoms with Crippen molar-refractivity contribution in [2.75, 3.05) is 13.2 Å². The van der Waals surface area contributed by atoms with Crippen LogP contribution in [0.5, 0.6) is 0 Å². The molecule has 0 aliphatic carbocycles. The molecule has 0 aromatic carbocycles. The minimum Gasteiger partial charge on any atom is -0.379 e. The second kappa shape index (κ2) is 11.1. The fourth-order valence-electron chi connectivity index (χ4n) is 1.42. The van der Waals surface area contributed by atoms with Crippen molar-refractivity contribution in [2.24, 2.45) is 0 Å². The lowest BCUT2D eigenvalue weighted by Crippen LogP contribution is -2.12. The molecule has 19 heavy (non-hydrogen) atoms. The van der Waals surface area contributed by atoms with Crippen molar-refractivity contribution in [1.29, 1.82) is 0 Å². The molecule has 1 aliphatic heterocycles. The molecule has 0 N–H and O–H groups in total. The van der Waals surface area contributed by atoms with Gasteiger partial charge >= 0.3 is 0 Å². The Hall–Kier alpha value is -0.710. The first-order chi connectivity index (χ1) is 9.25. The summed E-state index contributed by atoms with van der Waals surface area (Å²) in [6.45, 7) is 11.7. The normalized spacial score (nSPS) is 17.1. The zero-order valence-corrected chi connectivity index (χ0v) is 13.3. The molecule has 4 nitrogen and oxygen atoms in total. The summed E-state index contributed by atoms with van der Waals surface area (Å²) in [4.78, 5) is 8.14. The second-order valence-electron chi connectivity index (χ2n) is 3.53. The van der Waals surface area contributed by atoms with Gasteiger partial charge in [0.1, 0.15) is 11.0 Å². The molecule has 1 saturated heterocycles. The average Bonchev–Trinajstić information content (AvgIpc) is 2.96. The molecule has 1 aliphatic rings. The molecular weight excluding hydrogens is 264 g/mol. The van der Waals surface area contributed by atoms with Gasteiger partial charge < -0.3 is 9.47 Å². The number of rotatable bonds is 3. The minimum atomic E-state index is 0.183. The number of hydrogen-bond acceptors (Lipinski definition) is 4. The van der Waals surface area contributed by atoms with E-state index in [9.17, 15) is 0 Å². The molecule has 0 saturated carbocycles. The van der Waals surface area contributed by atoms with E-state index in [-0.39, 0.29) is 6.10 Å². The number of nitrogens with zero attached hydrogens (tertiary/aromatic N) is 2. The predicted octanol–water partition coefficient (Wildman–Crippen LogP) is 3.80. The molecule has 110 valence electrons. The maximum absolute atomic E-state index is 5.95. The van der Waals surface area contributed by atoms with E-state index < -0.39 is 0 Å². The van der Waals surface area contributed by atoms with Crippen LogP contribution in [0.2, 0.25) is 5.15 Å². The Morgan fingerprint density at radius 2 is 2.05 bits per heavy atom. The van der Waals surface area contributed by atoms with Gasteiger partial charge in [-0.25, -0.2) is 9.97 Å². The summed E-state index contributed by atoms with van der Waals surface area (Å²) in [6, 6.07) is 0. The van der Waals surface area contributed by atoms with Gasteiger partial charge in [-0.2, -0.15) is 0 Å². The van der Waals surface area contributed by atoms with Gasteiger partial charge in [-0.15, -0.1) is 0 Å². The molecule has 5 heteroatoms. The summed E-state index contributed by atoms with van der Waals surface area (Å²) in [5.74, 6) is 0.674. The monoisotopic (exact) mass is 288 g/mol. The standard InChI is InChI=1S/C10H13ClN2O2.2C2H6/c1-7-12-4-8(10(11)13-7)5-15-9-2-3-14-6-9;2*1-2/h4,9H,2-3,5-6H2,1H3;2*1-2H3. The van der Waals surface area contributed by atoms with E-state index in [1.54, 1.807) is 13.1 Å². The maximum Gasteiger partial charge on any atom is 0.138 e. The summed E-state index contributed by atoms with van der Waals surface area (Å²) < 4.78 is 10.8. The zero-order chi connectivity index (χ0) is 14.7. The Bertz CT molecular complexity index is 342. The summed E-state index contributed by atoms with van der Waals surface area (Å²) in [6.07, 6.45) is 2.84. The van der Waals surface area contributed by atoms with Gasteiger partial charge in [-0.3, -0.25) is 0 Å². The summed E-state index contributed by atoms with van der Waals surface area (Å²) in [7, 11) is 0. The summed E-state index contributed by atoms with van der Waals surface area (Å²) >= 11 is 5.95. The third-order valence-electron chi connectivity index (χ3n) is 2.29. The van der Waals surface area contributed by atoms with Crippen molar-refractivity contribution in [1.82, 2.24) is 9.97 Å². The minimum absolute atomic E-state index is 0.183. The number of hydrogen-bond donors (Lipinski definition) is 0. The number of ether oxygens (including phenoxy) is 2. The summed E-state index contributed by atoms with van der Waals surface area (Å²) in [5, 5.41) is 0.474. The van der Waals surface area contributed by atoms with Gasteiger partial charge in [-0.05, 0) is 13.3 Å². The molecule has 1 unspecified atom stereocenters. The van der Waals surface area contributed by atoms with Gasteiger partial charge in [0.15, 0.2) is 0 Å². The van der Waals surface area contributed by atoms with Crippen molar-refractivity contribution in [2.45, 2.75) is 53.8 Å². The summed E-state index contributed by atoms with van der Waals surface area (Å²) in [5.41, 5.74) is 0.828. The molecular formula is C14H25ClN2O2. The lowest BCUT2D eigenvalue weighted by molar-refractivity contribution is 0.0315. The Kier molecular flexibility index (Phi) is 10.7. The van der Waals surface area contributed by atoms with Gasteiger partial charge in [0.25, 0.3) is 0 Å². The Balaban J connectivity index is 0.000000741. The smallest absolute Gasteiger partial charge is 0.138 e. The van der Waals surface area contributed by atoms with Crippen LogP contribution in [0.15, 0.2) is 6.20 Å². The van der Waals surface area contributed by atoms with Crippen LogP contribution in [0, 0.1) is 6.92 Å². The molecule has 0 amide bonds. The Morgan fingerprint density at radius 1 is 1.37 bits per heavy atom. The van der Waals surface area contributed by atoms with Gasteiger partial charge in [-0.1, -0.05) is 39.3 Å². The van der Waals surface area contributed by atoms with E-state index in [1.165, 1.54) is 0 Å². The Labute approximate surface area is 121 Å². The van der Waals surface area contributed by atoms with Crippen LogP contribution in [0.4, 0.5) is 0 Å². The third kappa shape index (κ3) is 6.85. The van der Waals surface area contributed by atoms with Crippen LogP contribution in [0.1, 0.15) is 45.5 Å². The van der Waals surface area contributed by atoms with Crippen LogP contribution in [-0.4, -0.2) is 29.3 Å². The average molecular weight is 289 g/mol. The topological polar surface area (TPSA) is 44.2 Å². The van der Waals surface area contributed by atoms with E-state index >= 15 is 0 Å². The highest BCUT2D eigenvalue weighted by molar-refractivity contribution is 6.30. The molecule has 2 heterocycles. The fraction of sp³-hybridized carbons (Fsp3) is 0.714. The lowest BCUT2D eigenvalue weighted by Gasteiger charge is -2.10. The molecule has 0 radical (unpaired) electrons. The number of halogens is 1. The molecule has 1 atom stereocenters. The van der Waals surface area contributed by atoms with Gasteiger partial charge in [0.2, 0.25) is 0 Å². The van der Waals surface area contributed by atoms with E-state index in [2.05, 4.69) is 9.97 Å². The zero-order valence-electron chi connectivity index (χ0n) is 12.6.